The quantitative estimate of drug-likeness (QED) is 0.590. The molecule has 7 heteroatoms. The maximum absolute atomic E-state index is 13.7. The molecule has 2 aromatic carbocycles. The maximum atomic E-state index is 13.7. The molecule has 28 heavy (non-hydrogen) atoms. The summed E-state index contributed by atoms with van der Waals surface area (Å²) >= 11 is 0. The van der Waals surface area contributed by atoms with Gasteiger partial charge in [0.15, 0.2) is 0 Å². The monoisotopic (exact) mass is 410 g/mol. The first-order chi connectivity index (χ1) is 13.0. The fraction of sp³-hybridized carbons (Fsp3) is 0.333. The topological polar surface area (TPSA) is 34.1 Å². The largest absolute Gasteiger partial charge is 0.501 e. The van der Waals surface area contributed by atoms with Gasteiger partial charge < -0.3 is 0 Å². The van der Waals surface area contributed by atoms with Gasteiger partial charge in [0, 0.05) is 0 Å². The predicted octanol–water partition coefficient (Wildman–Crippen LogP) is 5.91. The van der Waals surface area contributed by atoms with Crippen LogP contribution < -0.4 is 0 Å². The zero-order valence-corrected chi connectivity index (χ0v) is 15.9. The van der Waals surface area contributed by atoms with Crippen molar-refractivity contribution in [1.29, 1.82) is 0 Å². The Morgan fingerprint density at radius 2 is 1.43 bits per heavy atom. The third-order valence-electron chi connectivity index (χ3n) is 5.75. The Hall–Kier alpha value is -2.15. The minimum atomic E-state index is -5.36. The minimum Gasteiger partial charge on any atom is -0.214 e. The van der Waals surface area contributed by atoms with Crippen LogP contribution in [-0.4, -0.2) is 13.9 Å². The summed E-state index contributed by atoms with van der Waals surface area (Å²) in [4.78, 5) is -0.761. The van der Waals surface area contributed by atoms with E-state index in [0.717, 1.165) is 54.5 Å². The highest BCUT2D eigenvalue weighted by molar-refractivity contribution is 7.92. The van der Waals surface area contributed by atoms with Crippen molar-refractivity contribution in [2.75, 3.05) is 0 Å². The van der Waals surface area contributed by atoms with Gasteiger partial charge in [-0.25, -0.2) is 12.8 Å². The fourth-order valence-electron chi connectivity index (χ4n) is 3.91. The lowest BCUT2D eigenvalue weighted by Gasteiger charge is -2.11. The number of rotatable bonds is 3. The number of sulfone groups is 1. The zero-order valence-electron chi connectivity index (χ0n) is 15.1. The Balaban J connectivity index is 1.76. The molecular weight excluding hydrogens is 392 g/mol. The molecule has 0 heterocycles. The summed E-state index contributed by atoms with van der Waals surface area (Å²) in [7, 11) is -5.36. The molecule has 1 fully saturated rings. The van der Waals surface area contributed by atoms with Crippen LogP contribution in [0.4, 0.5) is 17.6 Å². The SMILES string of the molecule is Cc1cc(C2=C(c3ccc(S(=O)(=O)C(F)(F)F)cc3)CC3(CC3)C2)ccc1F. The number of halogens is 4. The van der Waals surface area contributed by atoms with Gasteiger partial charge >= 0.3 is 5.51 Å². The molecule has 4 rings (SSSR count). The van der Waals surface area contributed by atoms with Crippen LogP contribution in [0.3, 0.4) is 0 Å². The first-order valence-electron chi connectivity index (χ1n) is 8.93. The average molecular weight is 410 g/mol. The molecule has 0 bridgehead atoms. The van der Waals surface area contributed by atoms with Crippen LogP contribution in [0.25, 0.3) is 11.1 Å². The Kier molecular flexibility index (Phi) is 4.23. The van der Waals surface area contributed by atoms with Crippen LogP contribution in [0.1, 0.15) is 42.4 Å². The van der Waals surface area contributed by atoms with Crippen molar-refractivity contribution in [2.45, 2.75) is 43.0 Å². The third kappa shape index (κ3) is 3.15. The molecule has 2 aliphatic carbocycles. The Morgan fingerprint density at radius 1 is 0.893 bits per heavy atom. The van der Waals surface area contributed by atoms with Gasteiger partial charge in [-0.15, -0.1) is 0 Å². The number of alkyl halides is 3. The summed E-state index contributed by atoms with van der Waals surface area (Å²) in [6.45, 7) is 1.69. The van der Waals surface area contributed by atoms with Gasteiger partial charge in [-0.1, -0.05) is 18.2 Å². The van der Waals surface area contributed by atoms with Gasteiger partial charge in [0.2, 0.25) is 0 Å². The molecule has 2 nitrogen and oxygen atoms in total. The lowest BCUT2D eigenvalue weighted by atomic mass is 9.96. The minimum absolute atomic E-state index is 0.184. The highest BCUT2D eigenvalue weighted by atomic mass is 32.2. The fourth-order valence-corrected chi connectivity index (χ4v) is 4.67. The van der Waals surface area contributed by atoms with Crippen molar-refractivity contribution in [1.82, 2.24) is 0 Å². The summed E-state index contributed by atoms with van der Waals surface area (Å²) in [6, 6.07) is 9.83. The molecule has 0 aromatic heterocycles. The number of aryl methyl sites for hydroxylation is 1. The highest BCUT2D eigenvalue weighted by Crippen LogP contribution is 2.63. The lowest BCUT2D eigenvalue weighted by Crippen LogP contribution is -2.23. The second-order valence-electron chi connectivity index (χ2n) is 7.75. The van der Waals surface area contributed by atoms with Gasteiger partial charge in [0.1, 0.15) is 5.82 Å². The van der Waals surface area contributed by atoms with Crippen molar-refractivity contribution in [3.8, 4) is 0 Å². The smallest absolute Gasteiger partial charge is 0.214 e. The van der Waals surface area contributed by atoms with E-state index in [1.165, 1.54) is 18.2 Å². The van der Waals surface area contributed by atoms with E-state index in [2.05, 4.69) is 0 Å². The molecular formula is C21H18F4O2S. The van der Waals surface area contributed by atoms with E-state index in [1.807, 2.05) is 0 Å². The zero-order chi connectivity index (χ0) is 20.3. The highest BCUT2D eigenvalue weighted by Gasteiger charge is 2.49. The van der Waals surface area contributed by atoms with Gasteiger partial charge in [0.25, 0.3) is 9.84 Å². The first-order valence-corrected chi connectivity index (χ1v) is 10.4. The summed E-state index contributed by atoms with van der Waals surface area (Å²) in [5.41, 5.74) is -0.926. The molecule has 1 saturated carbocycles. The van der Waals surface area contributed by atoms with Crippen LogP contribution in [-0.2, 0) is 9.84 Å². The standard InChI is InChI=1S/C21H18F4O2S/c1-13-10-15(4-7-19(13)22)18-12-20(8-9-20)11-17(18)14-2-5-16(6-3-14)28(26,27)21(23,24)25/h2-7,10H,8-9,11-12H2,1H3. The molecule has 2 aliphatic rings. The molecule has 2 aromatic rings. The predicted molar refractivity (Wildman–Crippen MR) is 98.5 cm³/mol. The van der Waals surface area contributed by atoms with Crippen LogP contribution in [0, 0.1) is 18.2 Å². The van der Waals surface area contributed by atoms with Crippen molar-refractivity contribution in [2.24, 2.45) is 5.41 Å². The lowest BCUT2D eigenvalue weighted by molar-refractivity contribution is -0.0436. The van der Waals surface area contributed by atoms with E-state index in [4.69, 9.17) is 0 Å². The third-order valence-corrected chi connectivity index (χ3v) is 7.25. The summed E-state index contributed by atoms with van der Waals surface area (Å²) in [5.74, 6) is -0.285. The van der Waals surface area contributed by atoms with E-state index in [9.17, 15) is 26.0 Å². The number of hydrogen-bond acceptors (Lipinski definition) is 2. The molecule has 148 valence electrons. The number of benzene rings is 2. The molecule has 1 spiro atoms. The van der Waals surface area contributed by atoms with Crippen LogP contribution in [0.5, 0.6) is 0 Å². The summed E-state index contributed by atoms with van der Waals surface area (Å²) in [6.07, 6.45) is 3.81. The Bertz CT molecular complexity index is 1080. The number of allylic oxidation sites excluding steroid dienone is 2. The average Bonchev–Trinajstić information content (AvgIpc) is 3.27. The summed E-state index contributed by atoms with van der Waals surface area (Å²) < 4.78 is 75.1. The molecule has 0 amide bonds. The molecule has 0 aliphatic heterocycles. The van der Waals surface area contributed by atoms with E-state index in [-0.39, 0.29) is 11.2 Å². The second kappa shape index (κ2) is 6.17. The van der Waals surface area contributed by atoms with Gasteiger partial charge in [-0.2, -0.15) is 13.2 Å². The molecule has 0 unspecified atom stereocenters. The Morgan fingerprint density at radius 3 is 1.93 bits per heavy atom. The van der Waals surface area contributed by atoms with E-state index in [1.54, 1.807) is 19.1 Å². The van der Waals surface area contributed by atoms with Gasteiger partial charge in [-0.05, 0) is 90.1 Å². The normalized spacial score (nSPS) is 18.8. The van der Waals surface area contributed by atoms with Crippen molar-refractivity contribution >= 4 is 21.0 Å². The molecule has 0 saturated heterocycles. The second-order valence-corrected chi connectivity index (χ2v) is 9.69. The van der Waals surface area contributed by atoms with Gasteiger partial charge in [0.05, 0.1) is 4.90 Å². The van der Waals surface area contributed by atoms with E-state index >= 15 is 0 Å². The summed E-state index contributed by atoms with van der Waals surface area (Å²) in [5, 5.41) is 0. The van der Waals surface area contributed by atoms with Crippen LogP contribution in [0.2, 0.25) is 0 Å². The van der Waals surface area contributed by atoms with Gasteiger partial charge in [-0.3, -0.25) is 0 Å². The van der Waals surface area contributed by atoms with E-state index < -0.39 is 20.2 Å². The number of hydrogen-bond donors (Lipinski definition) is 0. The van der Waals surface area contributed by atoms with Crippen molar-refractivity contribution in [3.63, 3.8) is 0 Å². The van der Waals surface area contributed by atoms with Crippen LogP contribution >= 0.6 is 0 Å². The van der Waals surface area contributed by atoms with Crippen molar-refractivity contribution in [3.05, 3.63) is 65.0 Å². The molecule has 0 atom stereocenters. The van der Waals surface area contributed by atoms with E-state index in [0.29, 0.717) is 11.1 Å². The van der Waals surface area contributed by atoms with Crippen LogP contribution in [0.15, 0.2) is 47.4 Å². The maximum Gasteiger partial charge on any atom is 0.501 e. The molecule has 0 radical (unpaired) electrons. The Labute approximate surface area is 160 Å². The van der Waals surface area contributed by atoms with Crippen molar-refractivity contribution < 1.29 is 26.0 Å². The first kappa shape index (κ1) is 19.2. The molecule has 0 N–H and O–H groups in total.